The van der Waals surface area contributed by atoms with Gasteiger partial charge in [0.25, 0.3) is 5.88 Å². The fourth-order valence-corrected chi connectivity index (χ4v) is 4.02. The van der Waals surface area contributed by atoms with Gasteiger partial charge in [0, 0.05) is 24.8 Å². The molecule has 1 saturated heterocycles. The lowest BCUT2D eigenvalue weighted by atomic mass is 9.97. The Labute approximate surface area is 193 Å². The van der Waals surface area contributed by atoms with E-state index in [0.717, 1.165) is 36.8 Å². The first kappa shape index (κ1) is 22.6. The molecular formula is C25H30N4O4. The van der Waals surface area contributed by atoms with Crippen LogP contribution in [-0.4, -0.2) is 49.8 Å². The SMILES string of the molecule is CCCOc1nc2ccccc2nc1N1CCC[C@@H](C(=O)Nc2ccc(OC)c(OC)c2)C1. The number of piperidine rings is 1. The third-order valence-corrected chi connectivity index (χ3v) is 5.71. The number of aromatic nitrogens is 2. The highest BCUT2D eigenvalue weighted by Gasteiger charge is 2.29. The molecule has 0 radical (unpaired) electrons. The number of nitrogens with one attached hydrogen (secondary N) is 1. The second-order valence-electron chi connectivity index (χ2n) is 8.03. The van der Waals surface area contributed by atoms with Gasteiger partial charge < -0.3 is 24.4 Å². The molecule has 1 aliphatic heterocycles. The second kappa shape index (κ2) is 10.4. The van der Waals surface area contributed by atoms with Crippen molar-refractivity contribution in [1.29, 1.82) is 0 Å². The molecule has 0 saturated carbocycles. The van der Waals surface area contributed by atoms with Gasteiger partial charge in [0.1, 0.15) is 0 Å². The van der Waals surface area contributed by atoms with E-state index in [1.807, 2.05) is 30.3 Å². The number of methoxy groups -OCH3 is 2. The summed E-state index contributed by atoms with van der Waals surface area (Å²) >= 11 is 0. The maximum atomic E-state index is 13.1. The average molecular weight is 451 g/mol. The van der Waals surface area contributed by atoms with Crippen LogP contribution >= 0.6 is 0 Å². The first-order valence-electron chi connectivity index (χ1n) is 11.3. The normalized spacial score (nSPS) is 15.8. The molecule has 2 aromatic carbocycles. The Bertz CT molecular complexity index is 1120. The highest BCUT2D eigenvalue weighted by atomic mass is 16.5. The van der Waals surface area contributed by atoms with E-state index < -0.39 is 0 Å². The Balaban J connectivity index is 1.53. The van der Waals surface area contributed by atoms with E-state index in [4.69, 9.17) is 24.2 Å². The summed E-state index contributed by atoms with van der Waals surface area (Å²) in [6.07, 6.45) is 2.57. The van der Waals surface area contributed by atoms with E-state index in [-0.39, 0.29) is 11.8 Å². The molecule has 1 fully saturated rings. The van der Waals surface area contributed by atoms with E-state index >= 15 is 0 Å². The number of amides is 1. The molecule has 1 aromatic heterocycles. The summed E-state index contributed by atoms with van der Waals surface area (Å²) in [6, 6.07) is 13.1. The van der Waals surface area contributed by atoms with Crippen LogP contribution in [0.5, 0.6) is 17.4 Å². The standard InChI is InChI=1S/C25H30N4O4/c1-4-14-33-25-23(27-19-9-5-6-10-20(19)28-25)29-13-7-8-17(16-29)24(30)26-18-11-12-21(31-2)22(15-18)32-3/h5-6,9-12,15,17H,4,7-8,13-14,16H2,1-3H3,(H,26,30)/t17-/m1/s1. The molecule has 1 atom stereocenters. The molecule has 174 valence electrons. The van der Waals surface area contributed by atoms with Crippen LogP contribution in [0.3, 0.4) is 0 Å². The fourth-order valence-electron chi connectivity index (χ4n) is 4.02. The van der Waals surface area contributed by atoms with Crippen LogP contribution in [0.2, 0.25) is 0 Å². The van der Waals surface area contributed by atoms with Gasteiger partial charge in [0.2, 0.25) is 5.91 Å². The van der Waals surface area contributed by atoms with Crippen LogP contribution in [0.15, 0.2) is 42.5 Å². The van der Waals surface area contributed by atoms with Crippen LogP contribution < -0.4 is 24.4 Å². The smallest absolute Gasteiger partial charge is 0.258 e. The van der Waals surface area contributed by atoms with Crippen molar-refractivity contribution in [3.8, 4) is 17.4 Å². The molecule has 0 aliphatic carbocycles. The molecule has 8 heteroatoms. The van der Waals surface area contributed by atoms with Crippen molar-refractivity contribution in [2.24, 2.45) is 5.92 Å². The third kappa shape index (κ3) is 5.10. The van der Waals surface area contributed by atoms with Crippen molar-refractivity contribution >= 4 is 28.4 Å². The number of ether oxygens (including phenoxy) is 3. The van der Waals surface area contributed by atoms with Gasteiger partial charge in [-0.15, -0.1) is 0 Å². The first-order chi connectivity index (χ1) is 16.1. The van der Waals surface area contributed by atoms with E-state index in [1.54, 1.807) is 26.4 Å². The van der Waals surface area contributed by atoms with Crippen LogP contribution in [0.1, 0.15) is 26.2 Å². The van der Waals surface area contributed by atoms with Gasteiger partial charge in [-0.3, -0.25) is 4.79 Å². The number of hydrogen-bond donors (Lipinski definition) is 1. The lowest BCUT2D eigenvalue weighted by Gasteiger charge is -2.33. The summed E-state index contributed by atoms with van der Waals surface area (Å²) in [5, 5.41) is 3.02. The van der Waals surface area contributed by atoms with E-state index in [0.29, 0.717) is 42.0 Å². The zero-order valence-electron chi connectivity index (χ0n) is 19.3. The number of para-hydroxylation sites is 2. The van der Waals surface area contributed by atoms with Crippen LogP contribution in [0, 0.1) is 5.92 Å². The molecule has 4 rings (SSSR count). The predicted molar refractivity (Wildman–Crippen MR) is 128 cm³/mol. The van der Waals surface area contributed by atoms with Crippen molar-refractivity contribution < 1.29 is 19.0 Å². The lowest BCUT2D eigenvalue weighted by Crippen LogP contribution is -2.41. The minimum atomic E-state index is -0.181. The summed E-state index contributed by atoms with van der Waals surface area (Å²) in [6.45, 7) is 3.98. The highest BCUT2D eigenvalue weighted by molar-refractivity contribution is 5.93. The molecule has 1 amide bonds. The van der Waals surface area contributed by atoms with E-state index in [1.165, 1.54) is 0 Å². The number of fused-ring (bicyclic) bond motifs is 1. The van der Waals surface area contributed by atoms with Gasteiger partial charge >= 0.3 is 0 Å². The number of carbonyl (C=O) groups excluding carboxylic acids is 1. The van der Waals surface area contributed by atoms with Gasteiger partial charge in [-0.2, -0.15) is 0 Å². The molecule has 0 unspecified atom stereocenters. The van der Waals surface area contributed by atoms with Gasteiger partial charge in [-0.25, -0.2) is 9.97 Å². The van der Waals surface area contributed by atoms with Crippen molar-refractivity contribution in [3.05, 3.63) is 42.5 Å². The monoisotopic (exact) mass is 450 g/mol. The number of benzene rings is 2. The molecule has 8 nitrogen and oxygen atoms in total. The highest BCUT2D eigenvalue weighted by Crippen LogP contribution is 2.32. The van der Waals surface area contributed by atoms with Gasteiger partial charge in [0.15, 0.2) is 17.3 Å². The summed E-state index contributed by atoms with van der Waals surface area (Å²) in [5.41, 5.74) is 2.28. The molecular weight excluding hydrogens is 420 g/mol. The molecule has 1 N–H and O–H groups in total. The average Bonchev–Trinajstić information content (AvgIpc) is 2.86. The fraction of sp³-hybridized carbons (Fsp3) is 0.400. The molecule has 1 aliphatic rings. The van der Waals surface area contributed by atoms with Gasteiger partial charge in [-0.05, 0) is 43.5 Å². The maximum Gasteiger partial charge on any atom is 0.258 e. The Hall–Kier alpha value is -3.55. The van der Waals surface area contributed by atoms with E-state index in [2.05, 4.69) is 17.1 Å². The van der Waals surface area contributed by atoms with Crippen LogP contribution in [-0.2, 0) is 4.79 Å². The van der Waals surface area contributed by atoms with Gasteiger partial charge in [0.05, 0.1) is 37.8 Å². The number of nitrogens with zero attached hydrogens (tertiary/aromatic N) is 3. The molecule has 2 heterocycles. The quantitative estimate of drug-likeness (QED) is 0.548. The first-order valence-corrected chi connectivity index (χ1v) is 11.3. The predicted octanol–water partition coefficient (Wildman–Crippen LogP) is 4.29. The summed E-state index contributed by atoms with van der Waals surface area (Å²) < 4.78 is 16.6. The van der Waals surface area contributed by atoms with Crippen molar-refractivity contribution in [3.63, 3.8) is 0 Å². The molecule has 0 spiro atoms. The number of anilines is 2. The molecule has 33 heavy (non-hydrogen) atoms. The summed E-state index contributed by atoms with van der Waals surface area (Å²) in [5.74, 6) is 2.21. The Morgan fingerprint density at radius 2 is 1.85 bits per heavy atom. The minimum absolute atomic E-state index is 0.0308. The Kier molecular flexibility index (Phi) is 7.12. The van der Waals surface area contributed by atoms with Crippen molar-refractivity contribution in [2.75, 3.05) is 44.1 Å². The zero-order chi connectivity index (χ0) is 23.2. The minimum Gasteiger partial charge on any atom is -0.493 e. The molecule has 3 aromatic rings. The lowest BCUT2D eigenvalue weighted by molar-refractivity contribution is -0.120. The topological polar surface area (TPSA) is 85.8 Å². The second-order valence-corrected chi connectivity index (χ2v) is 8.03. The number of carbonyl (C=O) groups is 1. The number of hydrogen-bond acceptors (Lipinski definition) is 7. The Morgan fingerprint density at radius 1 is 1.09 bits per heavy atom. The van der Waals surface area contributed by atoms with Crippen molar-refractivity contribution in [2.45, 2.75) is 26.2 Å². The largest absolute Gasteiger partial charge is 0.493 e. The van der Waals surface area contributed by atoms with Crippen LogP contribution in [0.25, 0.3) is 11.0 Å². The zero-order valence-corrected chi connectivity index (χ0v) is 19.3. The third-order valence-electron chi connectivity index (χ3n) is 5.71. The Morgan fingerprint density at radius 3 is 2.58 bits per heavy atom. The van der Waals surface area contributed by atoms with Gasteiger partial charge in [-0.1, -0.05) is 19.1 Å². The summed E-state index contributed by atoms with van der Waals surface area (Å²) in [7, 11) is 3.16. The van der Waals surface area contributed by atoms with E-state index in [9.17, 15) is 4.79 Å². The molecule has 0 bridgehead atoms. The van der Waals surface area contributed by atoms with Crippen LogP contribution in [0.4, 0.5) is 11.5 Å². The summed E-state index contributed by atoms with van der Waals surface area (Å²) in [4.78, 5) is 24.8. The number of rotatable bonds is 8. The van der Waals surface area contributed by atoms with Crippen molar-refractivity contribution in [1.82, 2.24) is 9.97 Å². The maximum absolute atomic E-state index is 13.1.